The molecule has 0 aliphatic rings. The van der Waals surface area contributed by atoms with Gasteiger partial charge >= 0.3 is 10.1 Å². The summed E-state index contributed by atoms with van der Waals surface area (Å²) >= 11 is 0. The molecule has 0 bridgehead atoms. The van der Waals surface area contributed by atoms with Gasteiger partial charge in [-0.25, -0.2) is 0 Å². The van der Waals surface area contributed by atoms with Gasteiger partial charge in [-0.05, 0) is 44.0 Å². The van der Waals surface area contributed by atoms with Gasteiger partial charge in [-0.2, -0.15) is 16.8 Å². The van der Waals surface area contributed by atoms with Crippen molar-refractivity contribution >= 4 is 20.2 Å². The van der Waals surface area contributed by atoms with Gasteiger partial charge in [0.1, 0.15) is 15.5 Å². The van der Waals surface area contributed by atoms with Crippen LogP contribution in [0.15, 0.2) is 46.2 Å². The maximum atomic E-state index is 12.3. The van der Waals surface area contributed by atoms with E-state index >= 15 is 0 Å². The molecular weight excluding hydrogens is 340 g/mol. The normalized spacial score (nSPS) is 12.2. The molecule has 23 heavy (non-hydrogen) atoms. The molecule has 2 aromatic carbocycles. The fraction of sp³-hybridized carbons (Fsp3) is 0.200. The second-order valence-electron chi connectivity index (χ2n) is 5.21. The molecule has 0 fully saturated rings. The predicted octanol–water partition coefficient (Wildman–Crippen LogP) is 2.63. The zero-order valence-corrected chi connectivity index (χ0v) is 14.4. The molecule has 6 nitrogen and oxygen atoms in total. The molecule has 0 amide bonds. The van der Waals surface area contributed by atoms with Crippen LogP contribution in [-0.2, 0) is 20.2 Å². The predicted molar refractivity (Wildman–Crippen MR) is 84.7 cm³/mol. The largest absolute Gasteiger partial charge is 0.379 e. The average Bonchev–Trinajstić information content (AvgIpc) is 2.39. The fourth-order valence-corrected chi connectivity index (χ4v) is 4.04. The molecule has 0 saturated carbocycles. The zero-order valence-electron chi connectivity index (χ0n) is 12.8. The minimum absolute atomic E-state index is 0.00270. The molecular formula is C15H16O6S2. The van der Waals surface area contributed by atoms with Crippen LogP contribution < -0.4 is 4.18 Å². The summed E-state index contributed by atoms with van der Waals surface area (Å²) in [6, 6.07) is 8.43. The summed E-state index contributed by atoms with van der Waals surface area (Å²) < 4.78 is 61.4. The third-order valence-electron chi connectivity index (χ3n) is 3.24. The molecule has 1 N–H and O–H groups in total. The third kappa shape index (κ3) is 3.90. The Morgan fingerprint density at radius 1 is 0.826 bits per heavy atom. The fourth-order valence-electron chi connectivity index (χ4n) is 2.16. The van der Waals surface area contributed by atoms with Crippen LogP contribution in [0.4, 0.5) is 0 Å². The van der Waals surface area contributed by atoms with Crippen LogP contribution in [-0.4, -0.2) is 21.4 Å². The van der Waals surface area contributed by atoms with E-state index < -0.39 is 25.1 Å². The van der Waals surface area contributed by atoms with Crippen molar-refractivity contribution < 1.29 is 25.6 Å². The first-order chi connectivity index (χ1) is 10.5. The summed E-state index contributed by atoms with van der Waals surface area (Å²) in [5.41, 5.74) is 1.71. The van der Waals surface area contributed by atoms with Crippen LogP contribution in [0.3, 0.4) is 0 Å². The maximum Gasteiger partial charge on any atom is 0.339 e. The van der Waals surface area contributed by atoms with Crippen molar-refractivity contribution in [2.45, 2.75) is 30.6 Å². The van der Waals surface area contributed by atoms with Gasteiger partial charge in [0, 0.05) is 6.07 Å². The summed E-state index contributed by atoms with van der Waals surface area (Å²) in [5, 5.41) is 0. The molecule has 0 aliphatic heterocycles. The van der Waals surface area contributed by atoms with Gasteiger partial charge in [0.25, 0.3) is 10.1 Å². The van der Waals surface area contributed by atoms with E-state index in [1.807, 2.05) is 6.92 Å². The van der Waals surface area contributed by atoms with E-state index in [0.29, 0.717) is 5.56 Å². The molecule has 0 unspecified atom stereocenters. The summed E-state index contributed by atoms with van der Waals surface area (Å²) in [5.74, 6) is -0.191. The number of aryl methyl sites for hydroxylation is 3. The molecule has 0 radical (unpaired) electrons. The summed E-state index contributed by atoms with van der Waals surface area (Å²) in [6.45, 7) is 4.95. The molecule has 2 rings (SSSR count). The minimum atomic E-state index is -4.46. The van der Waals surface area contributed by atoms with E-state index in [1.54, 1.807) is 19.1 Å². The van der Waals surface area contributed by atoms with Gasteiger partial charge in [-0.15, -0.1) is 0 Å². The minimum Gasteiger partial charge on any atom is -0.379 e. The second kappa shape index (κ2) is 5.95. The Balaban J connectivity index is 2.46. The van der Waals surface area contributed by atoms with Crippen molar-refractivity contribution in [1.82, 2.24) is 0 Å². The Kier molecular flexibility index (Phi) is 4.52. The quantitative estimate of drug-likeness (QED) is 0.668. The third-order valence-corrected chi connectivity index (χ3v) is 5.65. The highest BCUT2D eigenvalue weighted by Gasteiger charge is 2.21. The summed E-state index contributed by atoms with van der Waals surface area (Å²) in [6.07, 6.45) is 0. The van der Waals surface area contributed by atoms with Gasteiger partial charge in [-0.3, -0.25) is 4.55 Å². The Morgan fingerprint density at radius 3 is 2.04 bits per heavy atom. The highest BCUT2D eigenvalue weighted by molar-refractivity contribution is 7.87. The van der Waals surface area contributed by atoms with E-state index in [9.17, 15) is 16.8 Å². The van der Waals surface area contributed by atoms with Gasteiger partial charge in [-0.1, -0.05) is 23.8 Å². The lowest BCUT2D eigenvalue weighted by Crippen LogP contribution is -2.12. The number of rotatable bonds is 4. The van der Waals surface area contributed by atoms with E-state index in [2.05, 4.69) is 0 Å². The molecule has 0 aromatic heterocycles. The van der Waals surface area contributed by atoms with Gasteiger partial charge < -0.3 is 4.18 Å². The smallest absolute Gasteiger partial charge is 0.339 e. The van der Waals surface area contributed by atoms with Crippen molar-refractivity contribution in [3.05, 3.63) is 53.1 Å². The van der Waals surface area contributed by atoms with Crippen LogP contribution in [0.2, 0.25) is 0 Å². The highest BCUT2D eigenvalue weighted by atomic mass is 32.2. The first-order valence-electron chi connectivity index (χ1n) is 6.60. The molecule has 124 valence electrons. The Hall–Kier alpha value is -1.90. The zero-order chi connectivity index (χ0) is 17.4. The standard InChI is InChI=1S/C15H16O6S2/c1-10-4-7-14(12(3)8-10)23(19,20)21-13-6-5-11(2)15(9-13)22(16,17)18/h4-9H,1-3H3,(H,16,17,18). The summed E-state index contributed by atoms with van der Waals surface area (Å²) in [4.78, 5) is -0.400. The molecule has 0 heterocycles. The van der Waals surface area contributed by atoms with Crippen LogP contribution in [0, 0.1) is 20.8 Å². The lowest BCUT2D eigenvalue weighted by atomic mass is 10.2. The van der Waals surface area contributed by atoms with E-state index in [1.165, 1.54) is 25.1 Å². The Bertz CT molecular complexity index is 959. The first-order valence-corrected chi connectivity index (χ1v) is 9.45. The van der Waals surface area contributed by atoms with Crippen LogP contribution in [0.25, 0.3) is 0 Å². The maximum absolute atomic E-state index is 12.3. The molecule has 0 aliphatic carbocycles. The van der Waals surface area contributed by atoms with Crippen LogP contribution in [0.1, 0.15) is 16.7 Å². The van der Waals surface area contributed by atoms with Crippen LogP contribution in [0.5, 0.6) is 5.75 Å². The van der Waals surface area contributed by atoms with Crippen molar-refractivity contribution in [2.24, 2.45) is 0 Å². The molecule has 0 saturated heterocycles. The lowest BCUT2D eigenvalue weighted by molar-refractivity contribution is 0.474. The average molecular weight is 356 g/mol. The molecule has 0 spiro atoms. The van der Waals surface area contributed by atoms with Crippen molar-refractivity contribution in [2.75, 3.05) is 0 Å². The lowest BCUT2D eigenvalue weighted by Gasteiger charge is -2.11. The number of hydrogen-bond acceptors (Lipinski definition) is 5. The molecule has 2 aromatic rings. The summed E-state index contributed by atoms with van der Waals surface area (Å²) in [7, 11) is -8.58. The van der Waals surface area contributed by atoms with Crippen LogP contribution >= 0.6 is 0 Å². The van der Waals surface area contributed by atoms with Crippen molar-refractivity contribution in [3.8, 4) is 5.75 Å². The van der Waals surface area contributed by atoms with Crippen molar-refractivity contribution in [1.29, 1.82) is 0 Å². The SMILES string of the molecule is Cc1ccc(S(=O)(=O)Oc2ccc(C)c(S(=O)(=O)O)c2)c(C)c1. The van der Waals surface area contributed by atoms with Gasteiger partial charge in [0.2, 0.25) is 0 Å². The second-order valence-corrected chi connectivity index (χ2v) is 8.11. The van der Waals surface area contributed by atoms with Gasteiger partial charge in [0.05, 0.1) is 0 Å². The van der Waals surface area contributed by atoms with Gasteiger partial charge in [0.15, 0.2) is 0 Å². The van der Waals surface area contributed by atoms with Crippen molar-refractivity contribution in [3.63, 3.8) is 0 Å². The Morgan fingerprint density at radius 2 is 1.48 bits per heavy atom. The Labute approximate surface area is 135 Å². The number of hydrogen-bond donors (Lipinski definition) is 1. The molecule has 8 heteroatoms. The monoisotopic (exact) mass is 356 g/mol. The number of benzene rings is 2. The van der Waals surface area contributed by atoms with E-state index in [-0.39, 0.29) is 16.2 Å². The van der Waals surface area contributed by atoms with E-state index in [4.69, 9.17) is 8.74 Å². The first kappa shape index (κ1) is 17.5. The van der Waals surface area contributed by atoms with E-state index in [0.717, 1.165) is 11.6 Å². The highest BCUT2D eigenvalue weighted by Crippen LogP contribution is 2.26. The topological polar surface area (TPSA) is 97.7 Å². The molecule has 0 atom stereocenters.